The number of amides is 1. The van der Waals surface area contributed by atoms with Crippen LogP contribution in [0, 0.1) is 0 Å². The van der Waals surface area contributed by atoms with E-state index >= 15 is 0 Å². The van der Waals surface area contributed by atoms with Crippen molar-refractivity contribution in [1.29, 1.82) is 0 Å². The number of nitrogens with zero attached hydrogens (tertiary/aromatic N) is 1. The van der Waals surface area contributed by atoms with E-state index in [4.69, 9.17) is 23.2 Å². The Kier molecular flexibility index (Phi) is 6.77. The van der Waals surface area contributed by atoms with E-state index in [1.165, 1.54) is 11.8 Å². The fourth-order valence-corrected chi connectivity index (χ4v) is 2.73. The highest BCUT2D eigenvalue weighted by Gasteiger charge is 2.01. The molecule has 1 amide bonds. The van der Waals surface area contributed by atoms with Gasteiger partial charge in [-0.3, -0.25) is 4.79 Å². The van der Waals surface area contributed by atoms with Gasteiger partial charge in [-0.25, -0.2) is 5.43 Å². The maximum atomic E-state index is 11.7. The number of hydrogen-bond acceptors (Lipinski definition) is 3. The van der Waals surface area contributed by atoms with Gasteiger partial charge in [0.25, 0.3) is 0 Å². The first kappa shape index (κ1) is 16.9. The van der Waals surface area contributed by atoms with Gasteiger partial charge in [0.15, 0.2) is 0 Å². The number of benzene rings is 2. The number of rotatable bonds is 6. The van der Waals surface area contributed by atoms with E-state index in [1.807, 2.05) is 30.3 Å². The molecule has 6 heteroatoms. The summed E-state index contributed by atoms with van der Waals surface area (Å²) in [5.74, 6) is 1.01. The molecule has 0 aromatic heterocycles. The maximum absolute atomic E-state index is 11.7. The monoisotopic (exact) mass is 352 g/mol. The second-order valence-electron chi connectivity index (χ2n) is 4.45. The lowest BCUT2D eigenvalue weighted by Gasteiger charge is -2.01. The number of carbonyl (C=O) groups excluding carboxylic acids is 1. The van der Waals surface area contributed by atoms with Crippen molar-refractivity contribution in [3.8, 4) is 0 Å². The molecule has 2 rings (SSSR count). The topological polar surface area (TPSA) is 41.5 Å². The zero-order valence-electron chi connectivity index (χ0n) is 11.6. The van der Waals surface area contributed by atoms with Gasteiger partial charge in [0, 0.05) is 5.75 Å². The molecule has 0 heterocycles. The molecule has 0 radical (unpaired) electrons. The van der Waals surface area contributed by atoms with Gasteiger partial charge in [-0.15, -0.1) is 11.8 Å². The number of hydrazone groups is 1. The molecule has 3 nitrogen and oxygen atoms in total. The van der Waals surface area contributed by atoms with E-state index in [1.54, 1.807) is 30.0 Å². The molecule has 2 aromatic carbocycles. The first-order valence-corrected chi connectivity index (χ1v) is 8.45. The fraction of sp³-hybridized carbons (Fsp3) is 0.125. The van der Waals surface area contributed by atoms with E-state index in [0.717, 1.165) is 11.3 Å². The summed E-state index contributed by atoms with van der Waals surface area (Å²) in [7, 11) is 0. The molecule has 2 aromatic rings. The Balaban J connectivity index is 1.73. The van der Waals surface area contributed by atoms with Gasteiger partial charge < -0.3 is 0 Å². The zero-order valence-corrected chi connectivity index (χ0v) is 14.0. The average molecular weight is 353 g/mol. The van der Waals surface area contributed by atoms with E-state index in [-0.39, 0.29) is 5.91 Å². The third kappa shape index (κ3) is 5.72. The fourth-order valence-electron chi connectivity index (χ4n) is 1.64. The van der Waals surface area contributed by atoms with Crippen molar-refractivity contribution in [3.05, 3.63) is 69.7 Å². The molecule has 1 N–H and O–H groups in total. The molecule has 0 unspecified atom stereocenters. The highest BCUT2D eigenvalue weighted by molar-refractivity contribution is 7.99. The molecule has 0 saturated carbocycles. The quantitative estimate of drug-likeness (QED) is 0.619. The molecule has 0 aliphatic rings. The second-order valence-corrected chi connectivity index (χ2v) is 6.25. The summed E-state index contributed by atoms with van der Waals surface area (Å²) < 4.78 is 0. The predicted molar refractivity (Wildman–Crippen MR) is 94.8 cm³/mol. The second kappa shape index (κ2) is 8.83. The van der Waals surface area contributed by atoms with Crippen LogP contribution in [0.25, 0.3) is 0 Å². The first-order chi connectivity index (χ1) is 10.6. The number of halogens is 2. The Labute approximate surface area is 143 Å². The van der Waals surface area contributed by atoms with Gasteiger partial charge in [0.2, 0.25) is 5.91 Å². The Bertz CT molecular complexity index is 662. The van der Waals surface area contributed by atoms with Gasteiger partial charge in [-0.05, 0) is 23.3 Å². The lowest BCUT2D eigenvalue weighted by molar-refractivity contribution is -0.118. The minimum absolute atomic E-state index is 0.141. The SMILES string of the molecule is O=C(CSCc1ccccc1)NN=Cc1ccc(Cl)c(Cl)c1. The van der Waals surface area contributed by atoms with Crippen LogP contribution >= 0.6 is 35.0 Å². The van der Waals surface area contributed by atoms with Gasteiger partial charge in [0.05, 0.1) is 22.0 Å². The largest absolute Gasteiger partial charge is 0.272 e. The molecule has 0 aliphatic carbocycles. The molecule has 0 bridgehead atoms. The van der Waals surface area contributed by atoms with Crippen molar-refractivity contribution in [2.24, 2.45) is 5.10 Å². The normalized spacial score (nSPS) is 10.8. The number of thioether (sulfide) groups is 1. The molecule has 114 valence electrons. The maximum Gasteiger partial charge on any atom is 0.250 e. The van der Waals surface area contributed by atoms with Crippen molar-refractivity contribution < 1.29 is 4.79 Å². The number of carbonyl (C=O) groups is 1. The van der Waals surface area contributed by atoms with Crippen LogP contribution in [0.1, 0.15) is 11.1 Å². The highest BCUT2D eigenvalue weighted by atomic mass is 35.5. The van der Waals surface area contributed by atoms with E-state index in [9.17, 15) is 4.79 Å². The molecule has 0 saturated heterocycles. The van der Waals surface area contributed by atoms with Crippen LogP contribution in [-0.2, 0) is 10.5 Å². The van der Waals surface area contributed by atoms with Crippen molar-refractivity contribution in [2.75, 3.05) is 5.75 Å². The predicted octanol–water partition coefficient (Wildman–Crippen LogP) is 4.38. The third-order valence-electron chi connectivity index (χ3n) is 2.69. The molecular formula is C16H14Cl2N2OS. The van der Waals surface area contributed by atoms with Crippen LogP contribution in [0.5, 0.6) is 0 Å². The van der Waals surface area contributed by atoms with Crippen LogP contribution < -0.4 is 5.43 Å². The lowest BCUT2D eigenvalue weighted by Crippen LogP contribution is -2.19. The van der Waals surface area contributed by atoms with Crippen molar-refractivity contribution >= 4 is 47.1 Å². The van der Waals surface area contributed by atoms with Crippen LogP contribution in [0.4, 0.5) is 0 Å². The molecule has 0 aliphatic heterocycles. The van der Waals surface area contributed by atoms with Crippen LogP contribution in [-0.4, -0.2) is 17.9 Å². The Hall–Kier alpha value is -1.49. The Morgan fingerprint density at radius 1 is 1.14 bits per heavy atom. The van der Waals surface area contributed by atoms with Gasteiger partial charge in [-0.1, -0.05) is 59.6 Å². The minimum Gasteiger partial charge on any atom is -0.272 e. The molecule has 0 fully saturated rings. The first-order valence-electron chi connectivity index (χ1n) is 6.54. The third-order valence-corrected chi connectivity index (χ3v) is 4.43. The smallest absolute Gasteiger partial charge is 0.250 e. The zero-order chi connectivity index (χ0) is 15.8. The average Bonchev–Trinajstić information content (AvgIpc) is 2.52. The van der Waals surface area contributed by atoms with Gasteiger partial charge >= 0.3 is 0 Å². The summed E-state index contributed by atoms with van der Waals surface area (Å²) >= 11 is 13.3. The van der Waals surface area contributed by atoms with Crippen molar-refractivity contribution in [1.82, 2.24) is 5.43 Å². The van der Waals surface area contributed by atoms with E-state index < -0.39 is 0 Å². The molecule has 0 spiro atoms. The van der Waals surface area contributed by atoms with Crippen molar-refractivity contribution in [3.63, 3.8) is 0 Å². The Morgan fingerprint density at radius 3 is 2.64 bits per heavy atom. The van der Waals surface area contributed by atoms with Crippen LogP contribution in [0.2, 0.25) is 10.0 Å². The summed E-state index contributed by atoms with van der Waals surface area (Å²) in [6.45, 7) is 0. The summed E-state index contributed by atoms with van der Waals surface area (Å²) in [5, 5.41) is 4.84. The molecular weight excluding hydrogens is 339 g/mol. The van der Waals surface area contributed by atoms with Gasteiger partial charge in [-0.2, -0.15) is 5.10 Å². The van der Waals surface area contributed by atoms with Crippen LogP contribution in [0.3, 0.4) is 0 Å². The summed E-state index contributed by atoms with van der Waals surface area (Å²) in [6, 6.07) is 15.1. The van der Waals surface area contributed by atoms with E-state index in [0.29, 0.717) is 15.8 Å². The van der Waals surface area contributed by atoms with Gasteiger partial charge in [0.1, 0.15) is 0 Å². The summed E-state index contributed by atoms with van der Waals surface area (Å²) in [6.07, 6.45) is 1.53. The molecule has 22 heavy (non-hydrogen) atoms. The minimum atomic E-state index is -0.141. The summed E-state index contributed by atoms with van der Waals surface area (Å²) in [4.78, 5) is 11.7. The molecule has 0 atom stereocenters. The lowest BCUT2D eigenvalue weighted by atomic mass is 10.2. The van der Waals surface area contributed by atoms with Crippen LogP contribution in [0.15, 0.2) is 53.6 Å². The Morgan fingerprint density at radius 2 is 1.91 bits per heavy atom. The summed E-state index contributed by atoms with van der Waals surface area (Å²) in [5.41, 5.74) is 4.45. The number of nitrogens with one attached hydrogen (secondary N) is 1. The van der Waals surface area contributed by atoms with Crippen molar-refractivity contribution in [2.45, 2.75) is 5.75 Å². The van der Waals surface area contributed by atoms with E-state index in [2.05, 4.69) is 10.5 Å². The standard InChI is InChI=1S/C16H14Cl2N2OS/c17-14-7-6-13(8-15(14)18)9-19-20-16(21)11-22-10-12-4-2-1-3-5-12/h1-9H,10-11H2,(H,20,21). The number of hydrogen-bond donors (Lipinski definition) is 1. The highest BCUT2D eigenvalue weighted by Crippen LogP contribution is 2.21.